The standard InChI is InChI=1S/C13H20N2O/c1-13(2,16)10-15-9-5-8-14-11-6-3-4-7-12(11)15/h3-4,6-7,14,16H,5,8-10H2,1-2H3. The van der Waals surface area contributed by atoms with Gasteiger partial charge in [0.2, 0.25) is 0 Å². The Morgan fingerprint density at radius 1 is 1.38 bits per heavy atom. The summed E-state index contributed by atoms with van der Waals surface area (Å²) in [5.41, 5.74) is 1.71. The fraction of sp³-hybridized carbons (Fsp3) is 0.538. The molecular formula is C13H20N2O. The van der Waals surface area contributed by atoms with E-state index in [0.717, 1.165) is 19.5 Å². The van der Waals surface area contributed by atoms with Gasteiger partial charge in [-0.2, -0.15) is 0 Å². The van der Waals surface area contributed by atoms with Crippen molar-refractivity contribution in [3.8, 4) is 0 Å². The summed E-state index contributed by atoms with van der Waals surface area (Å²) in [7, 11) is 0. The van der Waals surface area contributed by atoms with Crippen LogP contribution in [-0.2, 0) is 0 Å². The highest BCUT2D eigenvalue weighted by atomic mass is 16.3. The van der Waals surface area contributed by atoms with E-state index < -0.39 is 5.60 Å². The maximum absolute atomic E-state index is 9.93. The molecule has 0 aromatic heterocycles. The van der Waals surface area contributed by atoms with Gasteiger partial charge in [0.25, 0.3) is 0 Å². The molecule has 1 heterocycles. The number of anilines is 2. The molecule has 1 aliphatic rings. The van der Waals surface area contributed by atoms with Gasteiger partial charge in [0.05, 0.1) is 17.0 Å². The molecule has 0 bridgehead atoms. The zero-order chi connectivity index (χ0) is 11.6. The molecule has 3 heteroatoms. The van der Waals surface area contributed by atoms with Crippen LogP contribution in [-0.4, -0.2) is 30.3 Å². The van der Waals surface area contributed by atoms with Gasteiger partial charge < -0.3 is 15.3 Å². The molecule has 3 nitrogen and oxygen atoms in total. The zero-order valence-electron chi connectivity index (χ0n) is 10.0. The van der Waals surface area contributed by atoms with Crippen molar-refractivity contribution in [1.82, 2.24) is 0 Å². The Morgan fingerprint density at radius 2 is 2.12 bits per heavy atom. The molecule has 1 aliphatic heterocycles. The monoisotopic (exact) mass is 220 g/mol. The van der Waals surface area contributed by atoms with Crippen molar-refractivity contribution in [3.63, 3.8) is 0 Å². The van der Waals surface area contributed by atoms with Gasteiger partial charge >= 0.3 is 0 Å². The molecule has 1 aromatic carbocycles. The lowest BCUT2D eigenvalue weighted by atomic mass is 10.1. The number of nitrogens with zero attached hydrogens (tertiary/aromatic N) is 1. The predicted octanol–water partition coefficient (Wildman–Crippen LogP) is 2.08. The zero-order valence-corrected chi connectivity index (χ0v) is 10.0. The van der Waals surface area contributed by atoms with Crippen LogP contribution in [0.3, 0.4) is 0 Å². The van der Waals surface area contributed by atoms with Gasteiger partial charge in [-0.3, -0.25) is 0 Å². The minimum Gasteiger partial charge on any atom is -0.389 e. The molecule has 0 aliphatic carbocycles. The molecule has 2 rings (SSSR count). The average Bonchev–Trinajstić information content (AvgIpc) is 2.39. The van der Waals surface area contributed by atoms with Crippen LogP contribution in [0.1, 0.15) is 20.3 Å². The molecule has 16 heavy (non-hydrogen) atoms. The van der Waals surface area contributed by atoms with Crippen molar-refractivity contribution in [2.24, 2.45) is 0 Å². The van der Waals surface area contributed by atoms with Crippen molar-refractivity contribution in [2.75, 3.05) is 29.9 Å². The quantitative estimate of drug-likeness (QED) is 0.801. The minimum absolute atomic E-state index is 0.655. The summed E-state index contributed by atoms with van der Waals surface area (Å²) in [5.74, 6) is 0. The molecule has 0 amide bonds. The van der Waals surface area contributed by atoms with Crippen LogP contribution in [0.2, 0.25) is 0 Å². The Kier molecular flexibility index (Phi) is 3.06. The number of hydrogen-bond acceptors (Lipinski definition) is 3. The Hall–Kier alpha value is -1.22. The number of rotatable bonds is 2. The molecule has 0 saturated heterocycles. The molecule has 0 saturated carbocycles. The van der Waals surface area contributed by atoms with Crippen molar-refractivity contribution in [2.45, 2.75) is 25.9 Å². The van der Waals surface area contributed by atoms with E-state index in [0.29, 0.717) is 6.54 Å². The Bertz CT molecular complexity index is 357. The first kappa shape index (κ1) is 11.3. The lowest BCUT2D eigenvalue weighted by Gasteiger charge is -2.30. The van der Waals surface area contributed by atoms with Crippen LogP contribution < -0.4 is 10.2 Å². The highest BCUT2D eigenvalue weighted by Crippen LogP contribution is 2.28. The maximum atomic E-state index is 9.93. The molecule has 0 radical (unpaired) electrons. The van der Waals surface area contributed by atoms with E-state index in [9.17, 15) is 5.11 Å². The summed E-state index contributed by atoms with van der Waals surface area (Å²) < 4.78 is 0. The summed E-state index contributed by atoms with van der Waals surface area (Å²) in [6.45, 7) is 6.38. The number of β-amino-alcohol motifs (C(OH)–C–C–N with tert-alkyl or cyclic N) is 1. The maximum Gasteiger partial charge on any atom is 0.0765 e. The summed E-state index contributed by atoms with van der Waals surface area (Å²) in [6, 6.07) is 8.29. The van der Waals surface area contributed by atoms with Gasteiger partial charge in [-0.15, -0.1) is 0 Å². The van der Waals surface area contributed by atoms with E-state index in [1.807, 2.05) is 26.0 Å². The third-order valence-corrected chi connectivity index (χ3v) is 2.74. The largest absolute Gasteiger partial charge is 0.389 e. The van der Waals surface area contributed by atoms with Crippen LogP contribution in [0.25, 0.3) is 0 Å². The number of aliphatic hydroxyl groups is 1. The van der Waals surface area contributed by atoms with Crippen LogP contribution in [0.5, 0.6) is 0 Å². The van der Waals surface area contributed by atoms with E-state index >= 15 is 0 Å². The lowest BCUT2D eigenvalue weighted by molar-refractivity contribution is 0.0874. The lowest BCUT2D eigenvalue weighted by Crippen LogP contribution is -2.39. The van der Waals surface area contributed by atoms with Gasteiger partial charge in [-0.05, 0) is 32.4 Å². The number of fused-ring (bicyclic) bond motifs is 1. The number of hydrogen-bond donors (Lipinski definition) is 2. The molecular weight excluding hydrogens is 200 g/mol. The van der Waals surface area contributed by atoms with Crippen molar-refractivity contribution in [1.29, 1.82) is 0 Å². The summed E-state index contributed by atoms with van der Waals surface area (Å²) in [4.78, 5) is 2.26. The van der Waals surface area contributed by atoms with Gasteiger partial charge in [0.1, 0.15) is 0 Å². The molecule has 88 valence electrons. The number of para-hydroxylation sites is 2. The summed E-state index contributed by atoms with van der Waals surface area (Å²) in [6.07, 6.45) is 1.10. The van der Waals surface area contributed by atoms with Gasteiger partial charge in [0, 0.05) is 19.6 Å². The number of benzene rings is 1. The molecule has 1 aromatic rings. The van der Waals surface area contributed by atoms with Crippen molar-refractivity contribution >= 4 is 11.4 Å². The van der Waals surface area contributed by atoms with Gasteiger partial charge in [-0.25, -0.2) is 0 Å². The summed E-state index contributed by atoms with van der Waals surface area (Å²) >= 11 is 0. The molecule has 2 N–H and O–H groups in total. The van der Waals surface area contributed by atoms with Crippen LogP contribution in [0.4, 0.5) is 11.4 Å². The van der Waals surface area contributed by atoms with Crippen LogP contribution in [0.15, 0.2) is 24.3 Å². The van der Waals surface area contributed by atoms with Crippen LogP contribution in [0, 0.1) is 0 Å². The predicted molar refractivity (Wildman–Crippen MR) is 68.1 cm³/mol. The Balaban J connectivity index is 2.26. The molecule has 0 unspecified atom stereocenters. The third kappa shape index (κ3) is 2.67. The second-order valence-corrected chi connectivity index (χ2v) is 5.03. The highest BCUT2D eigenvalue weighted by molar-refractivity contribution is 5.70. The SMILES string of the molecule is CC(C)(O)CN1CCCNc2ccccc21. The highest BCUT2D eigenvalue weighted by Gasteiger charge is 2.21. The minimum atomic E-state index is -0.655. The molecule has 0 atom stereocenters. The summed E-state index contributed by atoms with van der Waals surface area (Å²) in [5, 5.41) is 13.3. The average molecular weight is 220 g/mol. The first-order chi connectivity index (χ1) is 7.56. The topological polar surface area (TPSA) is 35.5 Å². The fourth-order valence-electron chi connectivity index (χ4n) is 2.14. The first-order valence-corrected chi connectivity index (χ1v) is 5.86. The smallest absolute Gasteiger partial charge is 0.0765 e. The second-order valence-electron chi connectivity index (χ2n) is 5.03. The first-order valence-electron chi connectivity index (χ1n) is 5.86. The number of nitrogens with one attached hydrogen (secondary N) is 1. The molecule has 0 fully saturated rings. The van der Waals surface area contributed by atoms with E-state index in [2.05, 4.69) is 22.3 Å². The van der Waals surface area contributed by atoms with E-state index in [-0.39, 0.29) is 0 Å². The van der Waals surface area contributed by atoms with Gasteiger partial charge in [-0.1, -0.05) is 12.1 Å². The third-order valence-electron chi connectivity index (χ3n) is 2.74. The Labute approximate surface area is 97.1 Å². The second kappa shape index (κ2) is 4.34. The van der Waals surface area contributed by atoms with E-state index in [1.165, 1.54) is 11.4 Å². The van der Waals surface area contributed by atoms with Gasteiger partial charge in [0.15, 0.2) is 0 Å². The normalized spacial score (nSPS) is 16.3. The van der Waals surface area contributed by atoms with E-state index in [1.54, 1.807) is 0 Å². The Morgan fingerprint density at radius 3 is 2.88 bits per heavy atom. The van der Waals surface area contributed by atoms with E-state index in [4.69, 9.17) is 0 Å². The fourth-order valence-corrected chi connectivity index (χ4v) is 2.14. The van der Waals surface area contributed by atoms with Crippen LogP contribution >= 0.6 is 0 Å². The molecule has 0 spiro atoms. The van der Waals surface area contributed by atoms with Crippen molar-refractivity contribution < 1.29 is 5.11 Å². The van der Waals surface area contributed by atoms with Crippen molar-refractivity contribution in [3.05, 3.63) is 24.3 Å².